The number of nitrogens with zero attached hydrogens (tertiary/aromatic N) is 1. The Labute approximate surface area is 125 Å². The molecule has 3 rings (SSSR count). The molecular weight excluding hydrogens is 268 g/mol. The quantitative estimate of drug-likeness (QED) is 0.846. The molecule has 1 amide bonds. The van der Waals surface area contributed by atoms with E-state index < -0.39 is 0 Å². The van der Waals surface area contributed by atoms with Crippen LogP contribution in [0.3, 0.4) is 0 Å². The third-order valence-electron chi connectivity index (χ3n) is 4.54. The molecule has 1 fully saturated rings. The first-order valence-corrected chi connectivity index (χ1v) is 7.71. The van der Waals surface area contributed by atoms with Crippen molar-refractivity contribution in [3.63, 3.8) is 0 Å². The number of fused-ring (bicyclic) bond motifs is 1. The van der Waals surface area contributed by atoms with E-state index in [2.05, 4.69) is 24.3 Å². The topological polar surface area (TPSA) is 46.3 Å². The van der Waals surface area contributed by atoms with Gasteiger partial charge in [0.25, 0.3) is 0 Å². The van der Waals surface area contributed by atoms with Gasteiger partial charge in [-0.05, 0) is 36.8 Å². The summed E-state index contributed by atoms with van der Waals surface area (Å²) in [6.07, 6.45) is 3.78. The minimum atomic E-state index is 0.109. The maximum Gasteiger partial charge on any atom is 0.226 e. The Bertz CT molecular complexity index is 518. The van der Waals surface area contributed by atoms with Gasteiger partial charge in [-0.3, -0.25) is 4.79 Å². The summed E-state index contributed by atoms with van der Waals surface area (Å²) in [4.78, 5) is 15.2. The van der Waals surface area contributed by atoms with Crippen LogP contribution in [0.25, 0.3) is 0 Å². The van der Waals surface area contributed by atoms with E-state index in [1.54, 1.807) is 0 Å². The van der Waals surface area contributed by atoms with Crippen LogP contribution < -0.4 is 5.73 Å². The molecule has 3 nitrogen and oxygen atoms in total. The summed E-state index contributed by atoms with van der Waals surface area (Å²) in [5.41, 5.74) is 8.40. The molecule has 0 aromatic heterocycles. The molecule has 1 aliphatic carbocycles. The molecule has 20 heavy (non-hydrogen) atoms. The highest BCUT2D eigenvalue weighted by Crippen LogP contribution is 2.29. The second kappa shape index (κ2) is 5.52. The van der Waals surface area contributed by atoms with Crippen molar-refractivity contribution in [2.24, 2.45) is 17.6 Å². The number of likely N-dealkylation sites (tertiary alicyclic amines) is 1. The van der Waals surface area contributed by atoms with Gasteiger partial charge in [-0.1, -0.05) is 36.5 Å². The fraction of sp³-hybridized carbons (Fsp3) is 0.500. The molecule has 2 aliphatic rings. The third-order valence-corrected chi connectivity index (χ3v) is 4.87. The number of thiocarbonyl (C=S) groups is 1. The lowest BCUT2D eigenvalue weighted by Gasteiger charge is -2.33. The van der Waals surface area contributed by atoms with Gasteiger partial charge in [0.2, 0.25) is 5.91 Å². The lowest BCUT2D eigenvalue weighted by molar-refractivity contribution is -0.136. The number of benzene rings is 1. The van der Waals surface area contributed by atoms with Crippen molar-refractivity contribution in [3.8, 4) is 0 Å². The molecule has 0 bridgehead atoms. The molecule has 0 spiro atoms. The van der Waals surface area contributed by atoms with Gasteiger partial charge in [-0.25, -0.2) is 0 Å². The fourth-order valence-electron chi connectivity index (χ4n) is 3.40. The molecule has 1 heterocycles. The summed E-state index contributed by atoms with van der Waals surface area (Å²) in [6, 6.07) is 8.37. The van der Waals surface area contributed by atoms with Crippen LogP contribution in [0.2, 0.25) is 0 Å². The van der Waals surface area contributed by atoms with Crippen LogP contribution in [-0.2, 0) is 17.6 Å². The third kappa shape index (κ3) is 2.57. The van der Waals surface area contributed by atoms with Gasteiger partial charge in [-0.15, -0.1) is 0 Å². The number of carbonyl (C=O) groups excluding carboxylic acids is 1. The number of hydrogen-bond donors (Lipinski definition) is 1. The molecular formula is C16H20N2OS. The van der Waals surface area contributed by atoms with Crippen LogP contribution in [0.4, 0.5) is 0 Å². The first-order chi connectivity index (χ1) is 9.65. The Morgan fingerprint density at radius 2 is 1.85 bits per heavy atom. The molecule has 1 unspecified atom stereocenters. The van der Waals surface area contributed by atoms with Gasteiger partial charge in [0, 0.05) is 24.9 Å². The van der Waals surface area contributed by atoms with E-state index >= 15 is 0 Å². The number of nitrogens with two attached hydrogens (primary N) is 1. The number of amides is 1. The van der Waals surface area contributed by atoms with Crippen LogP contribution in [-0.4, -0.2) is 28.9 Å². The molecule has 1 saturated heterocycles. The summed E-state index contributed by atoms with van der Waals surface area (Å²) in [6.45, 7) is 1.56. The van der Waals surface area contributed by atoms with Crippen molar-refractivity contribution in [3.05, 3.63) is 35.4 Å². The molecule has 1 aromatic carbocycles. The molecule has 1 aliphatic heterocycles. The summed E-state index contributed by atoms with van der Waals surface area (Å²) in [5, 5.41) is 0. The first-order valence-electron chi connectivity index (χ1n) is 7.30. The standard InChI is InChI=1S/C16H20N2OS/c17-15(20)13-6-3-7-18(10-13)16(19)14-8-11-4-1-2-5-12(11)9-14/h1-2,4-5,13-14H,3,6-10H2,(H2,17,20). The Kier molecular flexibility index (Phi) is 3.74. The molecule has 1 aromatic rings. The summed E-state index contributed by atoms with van der Waals surface area (Å²) < 4.78 is 0. The molecule has 106 valence electrons. The molecule has 1 atom stereocenters. The zero-order valence-corrected chi connectivity index (χ0v) is 12.4. The van der Waals surface area contributed by atoms with E-state index in [1.807, 2.05) is 4.90 Å². The maximum absolute atomic E-state index is 12.7. The SMILES string of the molecule is NC(=S)C1CCCN(C(=O)C2Cc3ccccc3C2)C1. The van der Waals surface area contributed by atoms with Crippen LogP contribution in [0.5, 0.6) is 0 Å². The van der Waals surface area contributed by atoms with Crippen molar-refractivity contribution in [1.82, 2.24) is 4.90 Å². The highest BCUT2D eigenvalue weighted by atomic mass is 32.1. The van der Waals surface area contributed by atoms with Gasteiger partial charge >= 0.3 is 0 Å². The number of hydrogen-bond acceptors (Lipinski definition) is 2. The van der Waals surface area contributed by atoms with E-state index in [9.17, 15) is 4.79 Å². The average molecular weight is 288 g/mol. The second-order valence-electron chi connectivity index (χ2n) is 5.90. The van der Waals surface area contributed by atoms with E-state index in [-0.39, 0.29) is 17.7 Å². The zero-order chi connectivity index (χ0) is 14.1. The van der Waals surface area contributed by atoms with E-state index in [4.69, 9.17) is 18.0 Å². The minimum Gasteiger partial charge on any atom is -0.393 e. The Morgan fingerprint density at radius 3 is 2.45 bits per heavy atom. The molecule has 2 N–H and O–H groups in total. The Balaban J connectivity index is 1.67. The number of piperidine rings is 1. The van der Waals surface area contributed by atoms with E-state index in [0.29, 0.717) is 11.5 Å². The van der Waals surface area contributed by atoms with E-state index in [1.165, 1.54) is 11.1 Å². The van der Waals surface area contributed by atoms with Crippen LogP contribution >= 0.6 is 12.2 Å². The summed E-state index contributed by atoms with van der Waals surface area (Å²) in [7, 11) is 0. The molecule has 4 heteroatoms. The number of rotatable bonds is 2. The van der Waals surface area contributed by atoms with Crippen LogP contribution in [0.15, 0.2) is 24.3 Å². The van der Waals surface area contributed by atoms with Gasteiger partial charge in [-0.2, -0.15) is 0 Å². The molecule has 0 saturated carbocycles. The van der Waals surface area contributed by atoms with Crippen molar-refractivity contribution in [2.75, 3.05) is 13.1 Å². The summed E-state index contributed by atoms with van der Waals surface area (Å²) in [5.74, 6) is 0.589. The minimum absolute atomic E-state index is 0.109. The smallest absolute Gasteiger partial charge is 0.226 e. The van der Waals surface area contributed by atoms with E-state index in [0.717, 1.165) is 32.2 Å². The van der Waals surface area contributed by atoms with Gasteiger partial charge < -0.3 is 10.6 Å². The zero-order valence-electron chi connectivity index (χ0n) is 11.5. The lowest BCUT2D eigenvalue weighted by atomic mass is 9.96. The maximum atomic E-state index is 12.7. The van der Waals surface area contributed by atoms with Gasteiger partial charge in [0.15, 0.2) is 0 Å². The Morgan fingerprint density at radius 1 is 1.20 bits per heavy atom. The van der Waals surface area contributed by atoms with Crippen LogP contribution in [0.1, 0.15) is 24.0 Å². The average Bonchev–Trinajstić information content (AvgIpc) is 2.90. The van der Waals surface area contributed by atoms with Crippen molar-refractivity contribution in [1.29, 1.82) is 0 Å². The molecule has 0 radical (unpaired) electrons. The van der Waals surface area contributed by atoms with Crippen molar-refractivity contribution >= 4 is 23.1 Å². The fourth-order valence-corrected chi connectivity index (χ4v) is 3.59. The van der Waals surface area contributed by atoms with Crippen LogP contribution in [0, 0.1) is 11.8 Å². The highest BCUT2D eigenvalue weighted by molar-refractivity contribution is 7.80. The predicted molar refractivity (Wildman–Crippen MR) is 83.4 cm³/mol. The summed E-state index contributed by atoms with van der Waals surface area (Å²) >= 11 is 5.09. The first kappa shape index (κ1) is 13.6. The Hall–Kier alpha value is -1.42. The van der Waals surface area contributed by atoms with Gasteiger partial charge in [0.1, 0.15) is 0 Å². The monoisotopic (exact) mass is 288 g/mol. The lowest BCUT2D eigenvalue weighted by Crippen LogP contribution is -2.46. The normalized spacial score (nSPS) is 22.6. The predicted octanol–water partition coefficient (Wildman–Crippen LogP) is 1.93. The number of carbonyl (C=O) groups is 1. The van der Waals surface area contributed by atoms with Crippen molar-refractivity contribution in [2.45, 2.75) is 25.7 Å². The second-order valence-corrected chi connectivity index (χ2v) is 6.37. The van der Waals surface area contributed by atoms with Gasteiger partial charge in [0.05, 0.1) is 4.99 Å². The highest BCUT2D eigenvalue weighted by Gasteiger charge is 2.33. The van der Waals surface area contributed by atoms with Crippen molar-refractivity contribution < 1.29 is 4.79 Å². The largest absolute Gasteiger partial charge is 0.393 e.